The van der Waals surface area contributed by atoms with Crippen LogP contribution in [-0.4, -0.2) is 49.7 Å². The van der Waals surface area contributed by atoms with Gasteiger partial charge in [0.15, 0.2) is 0 Å². The minimum atomic E-state index is -0.902. The first-order valence-corrected chi connectivity index (χ1v) is 8.35. The highest BCUT2D eigenvalue weighted by molar-refractivity contribution is 5.73. The summed E-state index contributed by atoms with van der Waals surface area (Å²) in [5.74, 6) is -0.364. The topological polar surface area (TPSA) is 98.6 Å². The highest BCUT2D eigenvalue weighted by Crippen LogP contribution is 2.20. The first kappa shape index (κ1) is 17.3. The third-order valence-electron chi connectivity index (χ3n) is 4.36. The van der Waals surface area contributed by atoms with Crippen molar-refractivity contribution >= 4 is 11.9 Å². The van der Waals surface area contributed by atoms with Crippen LogP contribution >= 0.6 is 0 Å². The number of aliphatic hydroxyl groups excluding tert-OH is 1. The van der Waals surface area contributed by atoms with Crippen LogP contribution in [0.25, 0.3) is 0 Å². The molecule has 1 aliphatic heterocycles. The van der Waals surface area contributed by atoms with Gasteiger partial charge in [0.25, 0.3) is 0 Å². The molecule has 0 aliphatic carbocycles. The number of carboxylic acids is 1. The molecule has 2 atom stereocenters. The smallest absolute Gasteiger partial charge is 0.321 e. The van der Waals surface area contributed by atoms with Crippen molar-refractivity contribution in [3.05, 3.63) is 53.9 Å². The third-order valence-corrected chi connectivity index (χ3v) is 4.36. The Morgan fingerprint density at radius 3 is 2.60 bits per heavy atom. The number of hydrogen-bond donors (Lipinski definition) is 3. The molecule has 7 heteroatoms. The number of aliphatic hydroxyl groups is 1. The highest BCUT2D eigenvalue weighted by atomic mass is 16.4. The third kappa shape index (κ3) is 4.74. The van der Waals surface area contributed by atoms with E-state index in [1.165, 1.54) is 0 Å². The molecule has 132 valence electrons. The van der Waals surface area contributed by atoms with Gasteiger partial charge in [0.05, 0.1) is 6.10 Å². The number of carboxylic acid groups (broad SMARTS) is 1. The number of aromatic nitrogens is 2. The van der Waals surface area contributed by atoms with Gasteiger partial charge < -0.3 is 15.5 Å². The van der Waals surface area contributed by atoms with Crippen molar-refractivity contribution in [2.24, 2.45) is 0 Å². The van der Waals surface area contributed by atoms with Gasteiger partial charge in [-0.05, 0) is 18.4 Å². The van der Waals surface area contributed by atoms with Gasteiger partial charge in [0.1, 0.15) is 6.04 Å². The normalized spacial score (nSPS) is 21.0. The Morgan fingerprint density at radius 2 is 1.92 bits per heavy atom. The predicted molar refractivity (Wildman–Crippen MR) is 92.9 cm³/mol. The summed E-state index contributed by atoms with van der Waals surface area (Å²) in [7, 11) is 0. The summed E-state index contributed by atoms with van der Waals surface area (Å²) in [6.07, 6.45) is 3.72. The summed E-state index contributed by atoms with van der Waals surface area (Å²) in [6.45, 7) is 1.65. The molecule has 2 aromatic rings. The summed E-state index contributed by atoms with van der Waals surface area (Å²) in [5, 5.41) is 22.2. The van der Waals surface area contributed by atoms with Gasteiger partial charge >= 0.3 is 5.97 Å². The Balaban J connectivity index is 1.57. The molecule has 0 bridgehead atoms. The van der Waals surface area contributed by atoms with E-state index in [-0.39, 0.29) is 6.42 Å². The zero-order valence-corrected chi connectivity index (χ0v) is 13.9. The van der Waals surface area contributed by atoms with Gasteiger partial charge in [-0.1, -0.05) is 30.3 Å². The van der Waals surface area contributed by atoms with E-state index in [4.69, 9.17) is 0 Å². The maximum Gasteiger partial charge on any atom is 0.321 e. The van der Waals surface area contributed by atoms with Gasteiger partial charge in [-0.3, -0.25) is 9.69 Å². The van der Waals surface area contributed by atoms with Crippen LogP contribution in [0.1, 0.15) is 24.0 Å². The average molecular weight is 342 g/mol. The standard InChI is InChI=1S/C18H22N4O3/c23-15-6-7-22(16(8-15)17(24)25)12-14-10-20-18(21-11-14)19-9-13-4-2-1-3-5-13/h1-5,10-11,15-16,23H,6-9,12H2,(H,24,25)(H,19,20,21)/t15-,16+/m1/s1. The van der Waals surface area contributed by atoms with Gasteiger partial charge in [-0.2, -0.15) is 0 Å². The second kappa shape index (κ2) is 8.04. The van der Waals surface area contributed by atoms with Crippen molar-refractivity contribution in [3.8, 4) is 0 Å². The van der Waals surface area contributed by atoms with Crippen molar-refractivity contribution < 1.29 is 15.0 Å². The van der Waals surface area contributed by atoms with Crippen molar-refractivity contribution in [2.45, 2.75) is 38.1 Å². The van der Waals surface area contributed by atoms with Crippen molar-refractivity contribution in [3.63, 3.8) is 0 Å². The lowest BCUT2D eigenvalue weighted by Gasteiger charge is -2.35. The molecule has 1 aromatic heterocycles. The molecule has 0 saturated carbocycles. The van der Waals surface area contributed by atoms with Crippen molar-refractivity contribution in [1.29, 1.82) is 0 Å². The fourth-order valence-electron chi connectivity index (χ4n) is 2.98. The number of benzene rings is 1. The lowest BCUT2D eigenvalue weighted by atomic mass is 9.99. The maximum absolute atomic E-state index is 11.4. The zero-order valence-electron chi connectivity index (χ0n) is 13.9. The number of piperidine rings is 1. The summed E-state index contributed by atoms with van der Waals surface area (Å²) in [5.41, 5.74) is 2.00. The Hall–Kier alpha value is -2.51. The van der Waals surface area contributed by atoms with Crippen LogP contribution < -0.4 is 5.32 Å². The first-order valence-electron chi connectivity index (χ1n) is 8.35. The Bertz CT molecular complexity index is 693. The largest absolute Gasteiger partial charge is 0.480 e. The van der Waals surface area contributed by atoms with E-state index in [0.717, 1.165) is 11.1 Å². The van der Waals surface area contributed by atoms with Gasteiger partial charge in [0, 0.05) is 37.6 Å². The number of anilines is 1. The van der Waals surface area contributed by atoms with Crippen LogP contribution in [0.2, 0.25) is 0 Å². The molecular formula is C18H22N4O3. The summed E-state index contributed by atoms with van der Waals surface area (Å²) >= 11 is 0. The average Bonchev–Trinajstić information content (AvgIpc) is 2.63. The quantitative estimate of drug-likeness (QED) is 0.731. The SMILES string of the molecule is O=C(O)[C@@H]1C[C@H](O)CCN1Cc1cnc(NCc2ccccc2)nc1. The highest BCUT2D eigenvalue weighted by Gasteiger charge is 2.32. The lowest BCUT2D eigenvalue weighted by molar-refractivity contribution is -0.147. The van der Waals surface area contributed by atoms with Crippen LogP contribution in [0.3, 0.4) is 0 Å². The fraction of sp³-hybridized carbons (Fsp3) is 0.389. The summed E-state index contributed by atoms with van der Waals surface area (Å²) < 4.78 is 0. The predicted octanol–water partition coefficient (Wildman–Crippen LogP) is 1.50. The molecule has 2 heterocycles. The summed E-state index contributed by atoms with van der Waals surface area (Å²) in [6, 6.07) is 9.32. The molecule has 0 radical (unpaired) electrons. The van der Waals surface area contributed by atoms with Crippen LogP contribution in [0, 0.1) is 0 Å². The van der Waals surface area contributed by atoms with E-state index < -0.39 is 18.1 Å². The molecule has 25 heavy (non-hydrogen) atoms. The molecular weight excluding hydrogens is 320 g/mol. The first-order chi connectivity index (χ1) is 12.1. The lowest BCUT2D eigenvalue weighted by Crippen LogP contribution is -2.48. The Morgan fingerprint density at radius 1 is 1.20 bits per heavy atom. The number of hydrogen-bond acceptors (Lipinski definition) is 6. The van der Waals surface area contributed by atoms with Gasteiger partial charge in [0.2, 0.25) is 5.95 Å². The Kier molecular flexibility index (Phi) is 5.57. The molecule has 3 rings (SSSR count). The van der Waals surface area contributed by atoms with Gasteiger partial charge in [-0.15, -0.1) is 0 Å². The second-order valence-electron chi connectivity index (χ2n) is 6.26. The van der Waals surface area contributed by atoms with Crippen LogP contribution in [0.15, 0.2) is 42.7 Å². The molecule has 7 nitrogen and oxygen atoms in total. The molecule has 0 spiro atoms. The van der Waals surface area contributed by atoms with Crippen molar-refractivity contribution in [2.75, 3.05) is 11.9 Å². The number of likely N-dealkylation sites (tertiary alicyclic amines) is 1. The molecule has 1 aromatic carbocycles. The second-order valence-corrected chi connectivity index (χ2v) is 6.26. The van der Waals surface area contributed by atoms with E-state index >= 15 is 0 Å². The monoisotopic (exact) mass is 342 g/mol. The minimum absolute atomic E-state index is 0.257. The number of aliphatic carboxylic acids is 1. The molecule has 1 saturated heterocycles. The minimum Gasteiger partial charge on any atom is -0.480 e. The van der Waals surface area contributed by atoms with E-state index in [1.807, 2.05) is 35.2 Å². The molecule has 1 aliphatic rings. The fourth-order valence-corrected chi connectivity index (χ4v) is 2.98. The van der Waals surface area contributed by atoms with Gasteiger partial charge in [-0.25, -0.2) is 9.97 Å². The molecule has 0 unspecified atom stereocenters. The number of rotatable bonds is 6. The maximum atomic E-state index is 11.4. The molecule has 0 amide bonds. The summed E-state index contributed by atoms with van der Waals surface area (Å²) in [4.78, 5) is 21.8. The number of nitrogens with zero attached hydrogens (tertiary/aromatic N) is 3. The van der Waals surface area contributed by atoms with E-state index in [9.17, 15) is 15.0 Å². The number of carbonyl (C=O) groups is 1. The molecule has 1 fully saturated rings. The molecule has 3 N–H and O–H groups in total. The van der Waals surface area contributed by atoms with Crippen LogP contribution in [0.4, 0.5) is 5.95 Å². The van der Waals surface area contributed by atoms with E-state index in [1.54, 1.807) is 12.4 Å². The van der Waals surface area contributed by atoms with Crippen LogP contribution in [0.5, 0.6) is 0 Å². The van der Waals surface area contributed by atoms with Crippen molar-refractivity contribution in [1.82, 2.24) is 14.9 Å². The van der Waals surface area contributed by atoms with E-state index in [2.05, 4.69) is 15.3 Å². The van der Waals surface area contributed by atoms with E-state index in [0.29, 0.717) is 32.0 Å². The Labute approximate surface area is 146 Å². The van der Waals surface area contributed by atoms with Crippen LogP contribution in [-0.2, 0) is 17.9 Å². The number of nitrogens with one attached hydrogen (secondary N) is 1. The zero-order chi connectivity index (χ0) is 17.6.